The molecule has 0 atom stereocenters. The van der Waals surface area contributed by atoms with Gasteiger partial charge >= 0.3 is 0 Å². The van der Waals surface area contributed by atoms with Crippen molar-refractivity contribution in [2.75, 3.05) is 33.4 Å². The Morgan fingerprint density at radius 2 is 2.12 bits per heavy atom. The number of ether oxygens (including phenoxy) is 1. The van der Waals surface area contributed by atoms with Gasteiger partial charge in [0.2, 0.25) is 0 Å². The second kappa shape index (κ2) is 5.04. The fourth-order valence-corrected chi connectivity index (χ4v) is 2.50. The van der Waals surface area contributed by atoms with Crippen LogP contribution < -0.4 is 5.73 Å². The lowest BCUT2D eigenvalue weighted by atomic mass is 9.67. The lowest BCUT2D eigenvalue weighted by Crippen LogP contribution is -2.46. The van der Waals surface area contributed by atoms with E-state index in [0.29, 0.717) is 5.41 Å². The first kappa shape index (κ1) is 11.7. The predicted molar refractivity (Wildman–Crippen MR) is 65.5 cm³/mol. The highest BCUT2D eigenvalue weighted by Crippen LogP contribution is 2.43. The molecule has 2 fully saturated rings. The van der Waals surface area contributed by atoms with Crippen molar-refractivity contribution in [1.29, 1.82) is 0 Å². The molecule has 92 valence electrons. The molecule has 0 aromatic rings. The lowest BCUT2D eigenvalue weighted by Gasteiger charge is -2.41. The van der Waals surface area contributed by atoms with E-state index in [4.69, 9.17) is 10.5 Å². The van der Waals surface area contributed by atoms with Gasteiger partial charge in [-0.15, -0.1) is 0 Å². The Balaban J connectivity index is 1.73. The molecule has 1 heterocycles. The number of rotatable bonds is 5. The number of hydrogen-bond donors (Lipinski definition) is 1. The maximum Gasteiger partial charge on any atom is 0.191 e. The van der Waals surface area contributed by atoms with Crippen LogP contribution in [0.4, 0.5) is 0 Å². The molecule has 0 bridgehead atoms. The van der Waals surface area contributed by atoms with Crippen LogP contribution in [0, 0.1) is 5.41 Å². The van der Waals surface area contributed by atoms with Crippen LogP contribution in [0.3, 0.4) is 0 Å². The SMILES string of the molecule is COCC1(CCN=C(N)N2CCC2)CCC1. The van der Waals surface area contributed by atoms with Crippen molar-refractivity contribution >= 4 is 5.96 Å². The first-order chi connectivity index (χ1) is 7.76. The number of nitrogens with zero attached hydrogens (tertiary/aromatic N) is 2. The molecule has 4 heteroatoms. The average molecular weight is 225 g/mol. The van der Waals surface area contributed by atoms with Crippen molar-refractivity contribution in [3.8, 4) is 0 Å². The Labute approximate surface area is 97.9 Å². The molecule has 0 aromatic carbocycles. The Morgan fingerprint density at radius 3 is 2.56 bits per heavy atom. The highest BCUT2D eigenvalue weighted by atomic mass is 16.5. The summed E-state index contributed by atoms with van der Waals surface area (Å²) in [5, 5.41) is 0. The minimum absolute atomic E-state index is 0.410. The zero-order chi connectivity index (χ0) is 11.4. The van der Waals surface area contributed by atoms with Crippen LogP contribution in [0.15, 0.2) is 4.99 Å². The van der Waals surface area contributed by atoms with Crippen LogP contribution in [-0.4, -0.2) is 44.2 Å². The Morgan fingerprint density at radius 1 is 1.38 bits per heavy atom. The highest BCUT2D eigenvalue weighted by Gasteiger charge is 2.36. The van der Waals surface area contributed by atoms with Crippen molar-refractivity contribution < 1.29 is 4.74 Å². The molecule has 16 heavy (non-hydrogen) atoms. The summed E-state index contributed by atoms with van der Waals surface area (Å²) in [4.78, 5) is 6.60. The van der Waals surface area contributed by atoms with Crippen LogP contribution >= 0.6 is 0 Å². The van der Waals surface area contributed by atoms with E-state index in [-0.39, 0.29) is 0 Å². The van der Waals surface area contributed by atoms with Crippen LogP contribution in [0.2, 0.25) is 0 Å². The van der Waals surface area contributed by atoms with E-state index in [1.165, 1.54) is 25.7 Å². The summed E-state index contributed by atoms with van der Waals surface area (Å²) < 4.78 is 5.30. The maximum absolute atomic E-state index is 5.89. The molecule has 0 unspecified atom stereocenters. The van der Waals surface area contributed by atoms with Crippen molar-refractivity contribution in [3.63, 3.8) is 0 Å². The summed E-state index contributed by atoms with van der Waals surface area (Å²) in [7, 11) is 1.79. The van der Waals surface area contributed by atoms with Gasteiger partial charge in [-0.25, -0.2) is 0 Å². The molecule has 2 aliphatic rings. The second-order valence-corrected chi connectivity index (χ2v) is 5.12. The fourth-order valence-electron chi connectivity index (χ4n) is 2.50. The quantitative estimate of drug-likeness (QED) is 0.565. The monoisotopic (exact) mass is 225 g/mol. The summed E-state index contributed by atoms with van der Waals surface area (Å²) in [6, 6.07) is 0. The molecule has 2 rings (SSSR count). The molecular formula is C12H23N3O. The molecule has 2 N–H and O–H groups in total. The number of aliphatic imine (C=N–C) groups is 1. The van der Waals surface area contributed by atoms with Crippen LogP contribution in [0.1, 0.15) is 32.1 Å². The summed E-state index contributed by atoms with van der Waals surface area (Å²) >= 11 is 0. The zero-order valence-corrected chi connectivity index (χ0v) is 10.2. The number of methoxy groups -OCH3 is 1. The predicted octanol–water partition coefficient (Wildman–Crippen LogP) is 1.21. The van der Waals surface area contributed by atoms with Crippen molar-refractivity contribution in [1.82, 2.24) is 4.90 Å². The number of guanidine groups is 1. The van der Waals surface area contributed by atoms with Gasteiger partial charge in [0.05, 0.1) is 6.61 Å². The first-order valence-electron chi connectivity index (χ1n) is 6.30. The van der Waals surface area contributed by atoms with Gasteiger partial charge in [-0.2, -0.15) is 0 Å². The molecule has 1 saturated carbocycles. The van der Waals surface area contributed by atoms with E-state index in [2.05, 4.69) is 9.89 Å². The highest BCUT2D eigenvalue weighted by molar-refractivity contribution is 5.78. The van der Waals surface area contributed by atoms with E-state index in [9.17, 15) is 0 Å². The first-order valence-corrected chi connectivity index (χ1v) is 6.30. The molecule has 1 aliphatic heterocycles. The molecular weight excluding hydrogens is 202 g/mol. The Hall–Kier alpha value is -0.770. The summed E-state index contributed by atoms with van der Waals surface area (Å²) in [5.74, 6) is 0.734. The molecule has 0 spiro atoms. The summed E-state index contributed by atoms with van der Waals surface area (Å²) in [5.41, 5.74) is 6.30. The number of likely N-dealkylation sites (tertiary alicyclic amines) is 1. The van der Waals surface area contributed by atoms with Gasteiger partial charge < -0.3 is 15.4 Å². The van der Waals surface area contributed by atoms with Crippen molar-refractivity contribution in [2.24, 2.45) is 16.1 Å². The minimum atomic E-state index is 0.410. The fraction of sp³-hybridized carbons (Fsp3) is 0.917. The topological polar surface area (TPSA) is 50.9 Å². The summed E-state index contributed by atoms with van der Waals surface area (Å²) in [6.07, 6.45) is 6.30. The normalized spacial score (nSPS) is 23.8. The molecule has 1 aliphatic carbocycles. The average Bonchev–Trinajstić information content (AvgIpc) is 2.11. The molecule has 0 amide bonds. The van der Waals surface area contributed by atoms with E-state index in [0.717, 1.165) is 38.6 Å². The van der Waals surface area contributed by atoms with E-state index >= 15 is 0 Å². The van der Waals surface area contributed by atoms with E-state index < -0.39 is 0 Å². The van der Waals surface area contributed by atoms with E-state index in [1.54, 1.807) is 7.11 Å². The third-order valence-electron chi connectivity index (χ3n) is 3.96. The van der Waals surface area contributed by atoms with Crippen LogP contribution in [0.5, 0.6) is 0 Å². The number of hydrogen-bond acceptors (Lipinski definition) is 2. The van der Waals surface area contributed by atoms with Crippen molar-refractivity contribution in [3.05, 3.63) is 0 Å². The van der Waals surface area contributed by atoms with Gasteiger partial charge in [0.15, 0.2) is 5.96 Å². The Kier molecular flexibility index (Phi) is 3.69. The van der Waals surface area contributed by atoms with Gasteiger partial charge in [0.25, 0.3) is 0 Å². The van der Waals surface area contributed by atoms with Gasteiger partial charge in [-0.3, -0.25) is 4.99 Å². The molecule has 4 nitrogen and oxygen atoms in total. The van der Waals surface area contributed by atoms with Crippen LogP contribution in [0.25, 0.3) is 0 Å². The third-order valence-corrected chi connectivity index (χ3v) is 3.96. The zero-order valence-electron chi connectivity index (χ0n) is 10.2. The number of nitrogens with two attached hydrogens (primary N) is 1. The third kappa shape index (κ3) is 2.48. The summed E-state index contributed by atoms with van der Waals surface area (Å²) in [6.45, 7) is 3.90. The minimum Gasteiger partial charge on any atom is -0.384 e. The standard InChI is InChI=1S/C12H23N3O/c1-16-10-12(4-2-5-12)6-7-14-11(13)15-8-3-9-15/h2-10H2,1H3,(H2,13,14). The van der Waals surface area contributed by atoms with Crippen molar-refractivity contribution in [2.45, 2.75) is 32.1 Å². The van der Waals surface area contributed by atoms with Gasteiger partial charge in [-0.05, 0) is 31.1 Å². The largest absolute Gasteiger partial charge is 0.384 e. The lowest BCUT2D eigenvalue weighted by molar-refractivity contribution is 0.0125. The van der Waals surface area contributed by atoms with E-state index in [1.807, 2.05) is 0 Å². The van der Waals surface area contributed by atoms with Gasteiger partial charge in [0, 0.05) is 26.7 Å². The van der Waals surface area contributed by atoms with Crippen LogP contribution in [-0.2, 0) is 4.74 Å². The molecule has 0 radical (unpaired) electrons. The molecule has 0 aromatic heterocycles. The second-order valence-electron chi connectivity index (χ2n) is 5.12. The maximum atomic E-state index is 5.89. The van der Waals surface area contributed by atoms with Gasteiger partial charge in [-0.1, -0.05) is 6.42 Å². The van der Waals surface area contributed by atoms with Gasteiger partial charge in [0.1, 0.15) is 0 Å². The Bertz CT molecular complexity index is 257. The molecule has 1 saturated heterocycles. The smallest absolute Gasteiger partial charge is 0.191 e.